The largest absolute Gasteiger partial charge is 0.329 e. The van der Waals surface area contributed by atoms with Crippen LogP contribution in [0.25, 0.3) is 0 Å². The van der Waals surface area contributed by atoms with Gasteiger partial charge in [0.05, 0.1) is 10.9 Å². The van der Waals surface area contributed by atoms with E-state index >= 15 is 0 Å². The van der Waals surface area contributed by atoms with Gasteiger partial charge in [0.15, 0.2) is 5.13 Å². The maximum absolute atomic E-state index is 13.2. The highest BCUT2D eigenvalue weighted by Gasteiger charge is 2.31. The highest BCUT2D eigenvalue weighted by molar-refractivity contribution is 7.99. The minimum Gasteiger partial charge on any atom is -0.329 e. The third-order valence-electron chi connectivity index (χ3n) is 4.65. The van der Waals surface area contributed by atoms with Crippen LogP contribution in [-0.2, 0) is 10.0 Å². The second-order valence-electron chi connectivity index (χ2n) is 6.57. The topological polar surface area (TPSA) is 79.4 Å². The van der Waals surface area contributed by atoms with Crippen molar-refractivity contribution in [1.82, 2.24) is 9.88 Å². The molecule has 0 bridgehead atoms. The summed E-state index contributed by atoms with van der Waals surface area (Å²) in [5.41, 5.74) is 1.12. The second-order valence-corrected chi connectivity index (χ2v) is 10.7. The standard InChI is InChI=1S/C20H18ClN3O3S3/c21-16-9-5-4-8-15(16)18-13-28-11-10-24(18)19(25)17-12-29-20(22-17)23-30(26,27)14-6-2-1-3-7-14/h1-9,12,18H,10-11,13H2,(H,22,23). The van der Waals surface area contributed by atoms with Crippen LogP contribution in [0.5, 0.6) is 0 Å². The molecule has 1 saturated heterocycles. The fourth-order valence-corrected chi connectivity index (χ4v) is 6.48. The summed E-state index contributed by atoms with van der Waals surface area (Å²) in [7, 11) is -3.76. The lowest BCUT2D eigenvalue weighted by molar-refractivity contribution is 0.0696. The zero-order valence-electron chi connectivity index (χ0n) is 15.7. The molecule has 6 nitrogen and oxygen atoms in total. The van der Waals surface area contributed by atoms with Crippen LogP contribution >= 0.6 is 34.7 Å². The first-order valence-electron chi connectivity index (χ1n) is 9.12. The molecule has 4 rings (SSSR count). The first-order valence-corrected chi connectivity index (χ1v) is 13.0. The molecule has 10 heteroatoms. The Labute approximate surface area is 188 Å². The fraction of sp³-hybridized carbons (Fsp3) is 0.200. The molecule has 156 valence electrons. The van der Waals surface area contributed by atoms with Crippen LogP contribution in [0.1, 0.15) is 22.1 Å². The van der Waals surface area contributed by atoms with E-state index in [0.717, 1.165) is 28.4 Å². The van der Waals surface area contributed by atoms with Crippen molar-refractivity contribution in [3.05, 3.63) is 76.3 Å². The van der Waals surface area contributed by atoms with E-state index in [1.165, 1.54) is 12.1 Å². The minimum absolute atomic E-state index is 0.139. The van der Waals surface area contributed by atoms with Gasteiger partial charge < -0.3 is 4.90 Å². The zero-order valence-corrected chi connectivity index (χ0v) is 18.9. The Morgan fingerprint density at radius 2 is 1.87 bits per heavy atom. The number of carbonyl (C=O) groups is 1. The molecule has 0 radical (unpaired) electrons. The van der Waals surface area contributed by atoms with E-state index < -0.39 is 10.0 Å². The lowest BCUT2D eigenvalue weighted by Gasteiger charge is -2.35. The molecule has 1 aliphatic heterocycles. The molecule has 2 aromatic carbocycles. The van der Waals surface area contributed by atoms with Crippen molar-refractivity contribution in [2.24, 2.45) is 0 Å². The smallest absolute Gasteiger partial charge is 0.273 e. The molecule has 1 amide bonds. The number of rotatable bonds is 5. The van der Waals surface area contributed by atoms with Gasteiger partial charge in [-0.1, -0.05) is 48.0 Å². The number of nitrogens with one attached hydrogen (secondary N) is 1. The van der Waals surface area contributed by atoms with E-state index in [1.807, 2.05) is 24.3 Å². The van der Waals surface area contributed by atoms with Gasteiger partial charge in [0, 0.05) is 28.5 Å². The molecule has 0 spiro atoms. The number of carbonyl (C=O) groups excluding carboxylic acids is 1. The van der Waals surface area contributed by atoms with Crippen molar-refractivity contribution in [3.63, 3.8) is 0 Å². The predicted octanol–water partition coefficient (Wildman–Crippen LogP) is 4.53. The third-order valence-corrected chi connectivity index (χ3v) is 8.26. The Hall–Kier alpha value is -2.07. The Kier molecular flexibility index (Phi) is 6.33. The molecular formula is C20H18ClN3O3S3. The average molecular weight is 480 g/mol. The van der Waals surface area contributed by atoms with Crippen molar-refractivity contribution in [2.75, 3.05) is 22.8 Å². The first-order chi connectivity index (χ1) is 14.5. The van der Waals surface area contributed by atoms with Gasteiger partial charge >= 0.3 is 0 Å². The quantitative estimate of drug-likeness (QED) is 0.581. The fourth-order valence-electron chi connectivity index (χ4n) is 3.19. The predicted molar refractivity (Wildman–Crippen MR) is 122 cm³/mol. The molecule has 1 unspecified atom stereocenters. The summed E-state index contributed by atoms with van der Waals surface area (Å²) in [5.74, 6) is 1.33. The van der Waals surface area contributed by atoms with Crippen LogP contribution in [0.15, 0.2) is 64.9 Å². The van der Waals surface area contributed by atoms with Crippen LogP contribution in [0.2, 0.25) is 5.02 Å². The average Bonchev–Trinajstić information content (AvgIpc) is 3.22. The van der Waals surface area contributed by atoms with Gasteiger partial charge in [-0.05, 0) is 23.8 Å². The molecule has 1 fully saturated rings. The maximum atomic E-state index is 13.2. The zero-order chi connectivity index (χ0) is 21.1. The highest BCUT2D eigenvalue weighted by Crippen LogP contribution is 2.35. The molecule has 1 aliphatic rings. The van der Waals surface area contributed by atoms with Gasteiger partial charge in [-0.2, -0.15) is 11.8 Å². The number of amides is 1. The van der Waals surface area contributed by atoms with Gasteiger partial charge in [0.1, 0.15) is 5.69 Å². The number of nitrogens with zero attached hydrogens (tertiary/aromatic N) is 2. The van der Waals surface area contributed by atoms with Crippen LogP contribution in [-0.4, -0.2) is 42.3 Å². The third kappa shape index (κ3) is 4.49. The molecular weight excluding hydrogens is 462 g/mol. The Balaban J connectivity index is 1.55. The SMILES string of the molecule is O=C(c1csc(NS(=O)(=O)c2ccccc2)n1)N1CCSCC1c1ccccc1Cl. The molecule has 1 atom stereocenters. The number of aromatic nitrogens is 1. The Morgan fingerprint density at radius 1 is 1.13 bits per heavy atom. The van der Waals surface area contributed by atoms with Crippen molar-refractivity contribution in [2.45, 2.75) is 10.9 Å². The van der Waals surface area contributed by atoms with E-state index in [-0.39, 0.29) is 27.7 Å². The molecule has 2 heterocycles. The van der Waals surface area contributed by atoms with Gasteiger partial charge in [0.25, 0.3) is 15.9 Å². The highest BCUT2D eigenvalue weighted by atomic mass is 35.5. The summed E-state index contributed by atoms with van der Waals surface area (Å²) in [6.07, 6.45) is 0. The lowest BCUT2D eigenvalue weighted by atomic mass is 10.1. The van der Waals surface area contributed by atoms with Gasteiger partial charge in [-0.15, -0.1) is 11.3 Å². The van der Waals surface area contributed by atoms with E-state index in [0.29, 0.717) is 11.6 Å². The molecule has 30 heavy (non-hydrogen) atoms. The summed E-state index contributed by atoms with van der Waals surface area (Å²) in [5, 5.41) is 2.36. The molecule has 0 saturated carbocycles. The number of thioether (sulfide) groups is 1. The summed E-state index contributed by atoms with van der Waals surface area (Å²) < 4.78 is 27.4. The Morgan fingerprint density at radius 3 is 2.63 bits per heavy atom. The van der Waals surface area contributed by atoms with Crippen molar-refractivity contribution in [3.8, 4) is 0 Å². The Bertz CT molecular complexity index is 1150. The van der Waals surface area contributed by atoms with Gasteiger partial charge in [-0.3, -0.25) is 9.52 Å². The number of halogens is 1. The number of hydrogen-bond acceptors (Lipinski definition) is 6. The summed E-state index contributed by atoms with van der Waals surface area (Å²) in [6.45, 7) is 0.571. The number of benzene rings is 2. The number of sulfonamides is 1. The van der Waals surface area contributed by atoms with Gasteiger partial charge in [-0.25, -0.2) is 13.4 Å². The lowest BCUT2D eigenvalue weighted by Crippen LogP contribution is -2.41. The van der Waals surface area contributed by atoms with Crippen LogP contribution in [0.4, 0.5) is 5.13 Å². The van der Waals surface area contributed by atoms with E-state index in [4.69, 9.17) is 11.6 Å². The maximum Gasteiger partial charge on any atom is 0.273 e. The van der Waals surface area contributed by atoms with Crippen molar-refractivity contribution < 1.29 is 13.2 Å². The summed E-state index contributed by atoms with van der Waals surface area (Å²) >= 11 is 9.23. The van der Waals surface area contributed by atoms with Crippen LogP contribution < -0.4 is 4.72 Å². The van der Waals surface area contributed by atoms with E-state index in [9.17, 15) is 13.2 Å². The molecule has 1 aromatic heterocycles. The van der Waals surface area contributed by atoms with Crippen LogP contribution in [0.3, 0.4) is 0 Å². The number of anilines is 1. The van der Waals surface area contributed by atoms with Crippen molar-refractivity contribution >= 4 is 55.8 Å². The molecule has 0 aliphatic carbocycles. The van der Waals surface area contributed by atoms with Crippen molar-refractivity contribution in [1.29, 1.82) is 0 Å². The van der Waals surface area contributed by atoms with E-state index in [1.54, 1.807) is 40.2 Å². The summed E-state index contributed by atoms with van der Waals surface area (Å²) in [4.78, 5) is 19.3. The number of hydrogen-bond donors (Lipinski definition) is 1. The van der Waals surface area contributed by atoms with Gasteiger partial charge in [0.2, 0.25) is 0 Å². The second kappa shape index (κ2) is 8.97. The number of thiazole rings is 1. The monoisotopic (exact) mass is 479 g/mol. The minimum atomic E-state index is -3.76. The normalized spacial score (nSPS) is 17.0. The van der Waals surface area contributed by atoms with E-state index in [2.05, 4.69) is 9.71 Å². The molecule has 1 N–H and O–H groups in total. The summed E-state index contributed by atoms with van der Waals surface area (Å²) in [6, 6.07) is 15.4. The first kappa shape index (κ1) is 21.2. The van der Waals surface area contributed by atoms with Crippen LogP contribution in [0, 0.1) is 0 Å². The molecule has 3 aromatic rings.